The monoisotopic (exact) mass is 291 g/mol. The van der Waals surface area contributed by atoms with E-state index in [-0.39, 0.29) is 6.10 Å². The van der Waals surface area contributed by atoms with Crippen LogP contribution in [-0.4, -0.2) is 17.8 Å². The van der Waals surface area contributed by atoms with Crippen LogP contribution in [-0.2, 0) is 0 Å². The molecule has 13 heavy (non-hydrogen) atoms. The van der Waals surface area contributed by atoms with E-state index in [0.717, 1.165) is 12.1 Å². The maximum atomic E-state index is 9.31. The Bertz CT molecular complexity index is 248. The molecule has 0 saturated heterocycles. The van der Waals surface area contributed by atoms with Crippen molar-refractivity contribution in [1.29, 1.82) is 0 Å². The Balaban J connectivity index is 2.41. The quantitative estimate of drug-likeness (QED) is 0.835. The van der Waals surface area contributed by atoms with E-state index < -0.39 is 0 Å². The van der Waals surface area contributed by atoms with Gasteiger partial charge in [-0.3, -0.25) is 0 Å². The van der Waals surface area contributed by atoms with E-state index in [2.05, 4.69) is 27.9 Å². The van der Waals surface area contributed by atoms with Crippen LogP contribution in [0.5, 0.6) is 0 Å². The lowest BCUT2D eigenvalue weighted by atomic mass is 10.2. The molecular formula is C10H14INO. The Morgan fingerprint density at radius 2 is 2.00 bits per heavy atom. The molecule has 0 amide bonds. The SMILES string of the molecule is CCC(O)CNc1ccc(I)cc1. The topological polar surface area (TPSA) is 32.3 Å². The van der Waals surface area contributed by atoms with Crippen molar-refractivity contribution in [2.75, 3.05) is 11.9 Å². The summed E-state index contributed by atoms with van der Waals surface area (Å²) in [5.74, 6) is 0. The minimum absolute atomic E-state index is 0.251. The molecule has 0 bridgehead atoms. The molecule has 1 atom stereocenters. The first-order chi connectivity index (χ1) is 6.22. The fourth-order valence-corrected chi connectivity index (χ4v) is 1.31. The summed E-state index contributed by atoms with van der Waals surface area (Å²) in [5.41, 5.74) is 1.06. The first-order valence-electron chi connectivity index (χ1n) is 4.40. The first-order valence-corrected chi connectivity index (χ1v) is 5.47. The summed E-state index contributed by atoms with van der Waals surface area (Å²) in [5, 5.41) is 12.5. The van der Waals surface area contributed by atoms with Crippen LogP contribution in [0.15, 0.2) is 24.3 Å². The second-order valence-corrected chi connectivity index (χ2v) is 4.20. The molecule has 1 aromatic carbocycles. The molecule has 0 aliphatic rings. The van der Waals surface area contributed by atoms with E-state index in [9.17, 15) is 5.11 Å². The average Bonchev–Trinajstić information content (AvgIpc) is 2.16. The lowest BCUT2D eigenvalue weighted by molar-refractivity contribution is 0.183. The van der Waals surface area contributed by atoms with Gasteiger partial charge in [0.2, 0.25) is 0 Å². The summed E-state index contributed by atoms with van der Waals surface area (Å²) in [6.45, 7) is 2.59. The zero-order valence-corrected chi connectivity index (χ0v) is 9.78. The number of halogens is 1. The first kappa shape index (κ1) is 10.8. The van der Waals surface area contributed by atoms with Crippen molar-refractivity contribution in [2.45, 2.75) is 19.4 Å². The van der Waals surface area contributed by atoms with E-state index in [1.165, 1.54) is 3.57 Å². The van der Waals surface area contributed by atoms with E-state index in [1.807, 2.05) is 31.2 Å². The smallest absolute Gasteiger partial charge is 0.0709 e. The lowest BCUT2D eigenvalue weighted by Crippen LogP contribution is -2.17. The molecule has 0 fully saturated rings. The zero-order valence-electron chi connectivity index (χ0n) is 7.63. The van der Waals surface area contributed by atoms with Crippen molar-refractivity contribution < 1.29 is 5.11 Å². The van der Waals surface area contributed by atoms with Gasteiger partial charge in [-0.05, 0) is 53.3 Å². The van der Waals surface area contributed by atoms with Crippen molar-refractivity contribution in [3.63, 3.8) is 0 Å². The number of rotatable bonds is 4. The van der Waals surface area contributed by atoms with Crippen LogP contribution in [0, 0.1) is 3.57 Å². The number of anilines is 1. The number of benzene rings is 1. The standard InChI is InChI=1S/C10H14INO/c1-2-10(13)7-12-9-5-3-8(11)4-6-9/h3-6,10,12-13H,2,7H2,1H3. The molecule has 72 valence electrons. The molecule has 1 aromatic rings. The fraction of sp³-hybridized carbons (Fsp3) is 0.400. The van der Waals surface area contributed by atoms with Crippen molar-refractivity contribution >= 4 is 28.3 Å². The van der Waals surface area contributed by atoms with Crippen molar-refractivity contribution in [2.24, 2.45) is 0 Å². The molecule has 0 aromatic heterocycles. The maximum absolute atomic E-state index is 9.31. The van der Waals surface area contributed by atoms with Gasteiger partial charge in [0.15, 0.2) is 0 Å². The van der Waals surface area contributed by atoms with Gasteiger partial charge in [-0.15, -0.1) is 0 Å². The third kappa shape index (κ3) is 3.95. The van der Waals surface area contributed by atoms with Crippen molar-refractivity contribution in [1.82, 2.24) is 0 Å². The number of nitrogens with one attached hydrogen (secondary N) is 1. The highest BCUT2D eigenvalue weighted by Crippen LogP contribution is 2.10. The van der Waals surface area contributed by atoms with Crippen LogP contribution in [0.25, 0.3) is 0 Å². The van der Waals surface area contributed by atoms with Crippen LogP contribution >= 0.6 is 22.6 Å². The molecule has 0 radical (unpaired) electrons. The number of hydrogen-bond acceptors (Lipinski definition) is 2. The van der Waals surface area contributed by atoms with Gasteiger partial charge < -0.3 is 10.4 Å². The summed E-state index contributed by atoms with van der Waals surface area (Å²) in [4.78, 5) is 0. The molecule has 1 unspecified atom stereocenters. The molecule has 0 saturated carbocycles. The Morgan fingerprint density at radius 3 is 2.54 bits per heavy atom. The van der Waals surface area contributed by atoms with Gasteiger partial charge in [-0.25, -0.2) is 0 Å². The van der Waals surface area contributed by atoms with Crippen LogP contribution in [0.4, 0.5) is 5.69 Å². The molecule has 3 heteroatoms. The summed E-state index contributed by atoms with van der Waals surface area (Å²) in [6, 6.07) is 8.12. The van der Waals surface area contributed by atoms with E-state index in [1.54, 1.807) is 0 Å². The number of aliphatic hydroxyl groups is 1. The molecular weight excluding hydrogens is 277 g/mol. The van der Waals surface area contributed by atoms with Gasteiger partial charge >= 0.3 is 0 Å². The maximum Gasteiger partial charge on any atom is 0.0709 e. The van der Waals surface area contributed by atoms with Crippen LogP contribution < -0.4 is 5.32 Å². The van der Waals surface area contributed by atoms with Crippen molar-refractivity contribution in [3.05, 3.63) is 27.8 Å². The van der Waals surface area contributed by atoms with Gasteiger partial charge in [0.1, 0.15) is 0 Å². The Hall–Kier alpha value is -0.290. The second kappa shape index (κ2) is 5.44. The third-order valence-corrected chi connectivity index (χ3v) is 2.58. The molecule has 2 N–H and O–H groups in total. The van der Waals surface area contributed by atoms with E-state index in [0.29, 0.717) is 6.54 Å². The Kier molecular flexibility index (Phi) is 4.52. The highest BCUT2D eigenvalue weighted by molar-refractivity contribution is 14.1. The molecule has 0 aliphatic carbocycles. The molecule has 0 spiro atoms. The predicted molar refractivity (Wildman–Crippen MR) is 63.9 cm³/mol. The van der Waals surface area contributed by atoms with Gasteiger partial charge in [0.05, 0.1) is 6.10 Å². The molecule has 0 heterocycles. The minimum atomic E-state index is -0.251. The molecule has 0 aliphatic heterocycles. The Morgan fingerprint density at radius 1 is 1.38 bits per heavy atom. The lowest BCUT2D eigenvalue weighted by Gasteiger charge is -2.10. The van der Waals surface area contributed by atoms with E-state index in [4.69, 9.17) is 0 Å². The normalized spacial score (nSPS) is 12.5. The summed E-state index contributed by atoms with van der Waals surface area (Å²) in [6.07, 6.45) is 0.538. The molecule has 2 nitrogen and oxygen atoms in total. The number of hydrogen-bond donors (Lipinski definition) is 2. The van der Waals surface area contributed by atoms with Gasteiger partial charge in [-0.2, -0.15) is 0 Å². The second-order valence-electron chi connectivity index (χ2n) is 2.95. The van der Waals surface area contributed by atoms with Gasteiger partial charge in [-0.1, -0.05) is 6.92 Å². The summed E-state index contributed by atoms with van der Waals surface area (Å²) < 4.78 is 1.22. The Labute approximate surface area is 92.5 Å². The highest BCUT2D eigenvalue weighted by atomic mass is 127. The third-order valence-electron chi connectivity index (χ3n) is 1.86. The predicted octanol–water partition coefficient (Wildman–Crippen LogP) is 2.47. The van der Waals surface area contributed by atoms with E-state index >= 15 is 0 Å². The van der Waals surface area contributed by atoms with Crippen LogP contribution in [0.3, 0.4) is 0 Å². The highest BCUT2D eigenvalue weighted by Gasteiger charge is 1.99. The van der Waals surface area contributed by atoms with Gasteiger partial charge in [0, 0.05) is 15.8 Å². The zero-order chi connectivity index (χ0) is 9.68. The summed E-state index contributed by atoms with van der Waals surface area (Å²) in [7, 11) is 0. The van der Waals surface area contributed by atoms with Gasteiger partial charge in [0.25, 0.3) is 0 Å². The average molecular weight is 291 g/mol. The van der Waals surface area contributed by atoms with Crippen molar-refractivity contribution in [3.8, 4) is 0 Å². The minimum Gasteiger partial charge on any atom is -0.391 e. The van der Waals surface area contributed by atoms with Crippen LogP contribution in [0.1, 0.15) is 13.3 Å². The fourth-order valence-electron chi connectivity index (χ4n) is 0.948. The summed E-state index contributed by atoms with van der Waals surface area (Å²) >= 11 is 2.27. The molecule has 1 rings (SSSR count). The number of aliphatic hydroxyl groups excluding tert-OH is 1. The largest absolute Gasteiger partial charge is 0.391 e. The van der Waals surface area contributed by atoms with Crippen LogP contribution in [0.2, 0.25) is 0 Å².